The summed E-state index contributed by atoms with van der Waals surface area (Å²) in [6.45, 7) is 8.05. The standard InChI is InChI=1S/C35H37O3S/c1-25-22-30(39(28-16-7-5-8-17-28)29-18-9-6-10-19-29)23-26(2)34(25)37-24-33(36)38-35(3,4)32-21-13-15-27-14-11-12-20-31(27)32/h5-12,14,16-20,22-23,32H,13,15,21,24H2,1-4H3/q+1. The minimum absolute atomic E-state index is 0.109. The molecule has 4 aromatic carbocycles. The highest BCUT2D eigenvalue weighted by atomic mass is 32.2. The van der Waals surface area contributed by atoms with E-state index in [2.05, 4.69) is 111 Å². The molecular weight excluding hydrogens is 500 g/mol. The number of hydrogen-bond acceptors (Lipinski definition) is 3. The van der Waals surface area contributed by atoms with E-state index in [9.17, 15) is 4.79 Å². The van der Waals surface area contributed by atoms with Crippen molar-refractivity contribution < 1.29 is 14.3 Å². The molecule has 1 aliphatic carbocycles. The maximum Gasteiger partial charge on any atom is 0.344 e. The molecule has 0 aliphatic heterocycles. The van der Waals surface area contributed by atoms with Gasteiger partial charge in [-0.2, -0.15) is 0 Å². The molecule has 0 radical (unpaired) electrons. The molecule has 0 amide bonds. The van der Waals surface area contributed by atoms with E-state index >= 15 is 0 Å². The van der Waals surface area contributed by atoms with Crippen molar-refractivity contribution in [1.29, 1.82) is 0 Å². The maximum absolute atomic E-state index is 13.0. The Morgan fingerprint density at radius 3 is 2.00 bits per heavy atom. The molecular formula is C35H37O3S+. The Balaban J connectivity index is 1.32. The van der Waals surface area contributed by atoms with E-state index in [1.165, 1.54) is 25.8 Å². The number of rotatable bonds is 8. The molecule has 0 aromatic heterocycles. The molecule has 5 rings (SSSR count). The highest BCUT2D eigenvalue weighted by Crippen LogP contribution is 2.41. The molecule has 4 aromatic rings. The van der Waals surface area contributed by atoms with Gasteiger partial charge >= 0.3 is 5.97 Å². The van der Waals surface area contributed by atoms with Gasteiger partial charge in [-0.1, -0.05) is 60.7 Å². The second-order valence-electron chi connectivity index (χ2n) is 10.8. The van der Waals surface area contributed by atoms with Crippen LogP contribution in [0.1, 0.15) is 54.9 Å². The third-order valence-corrected chi connectivity index (χ3v) is 9.74. The lowest BCUT2D eigenvalue weighted by Crippen LogP contribution is -2.38. The largest absolute Gasteiger partial charge is 0.481 e. The van der Waals surface area contributed by atoms with Crippen molar-refractivity contribution in [1.82, 2.24) is 0 Å². The predicted octanol–water partition coefficient (Wildman–Crippen LogP) is 8.22. The lowest BCUT2D eigenvalue weighted by Gasteiger charge is -2.37. The van der Waals surface area contributed by atoms with Gasteiger partial charge in [0.15, 0.2) is 21.3 Å². The Bertz CT molecular complexity index is 1370. The average molecular weight is 538 g/mol. The van der Waals surface area contributed by atoms with Crippen molar-refractivity contribution in [3.05, 3.63) is 119 Å². The zero-order chi connectivity index (χ0) is 27.4. The van der Waals surface area contributed by atoms with Gasteiger partial charge in [-0.25, -0.2) is 4.79 Å². The van der Waals surface area contributed by atoms with Crippen molar-refractivity contribution in [2.24, 2.45) is 0 Å². The van der Waals surface area contributed by atoms with Gasteiger partial charge in [-0.05, 0) is 93.5 Å². The first kappa shape index (κ1) is 27.1. The van der Waals surface area contributed by atoms with Gasteiger partial charge in [-0.3, -0.25) is 0 Å². The zero-order valence-electron chi connectivity index (χ0n) is 23.3. The van der Waals surface area contributed by atoms with Gasteiger partial charge in [0.2, 0.25) is 0 Å². The molecule has 0 heterocycles. The fourth-order valence-electron chi connectivity index (χ4n) is 5.78. The van der Waals surface area contributed by atoms with Crippen molar-refractivity contribution in [2.75, 3.05) is 6.61 Å². The molecule has 1 atom stereocenters. The molecule has 1 aliphatic rings. The molecule has 0 saturated heterocycles. The summed E-state index contributed by atoms with van der Waals surface area (Å²) in [5.74, 6) is 0.600. The quantitative estimate of drug-likeness (QED) is 0.168. The Hall–Kier alpha value is -3.50. The lowest BCUT2D eigenvalue weighted by atomic mass is 9.74. The normalized spacial score (nSPS) is 15.1. The highest BCUT2D eigenvalue weighted by Gasteiger charge is 2.37. The fourth-order valence-corrected chi connectivity index (χ4v) is 8.04. The summed E-state index contributed by atoms with van der Waals surface area (Å²) in [6.07, 6.45) is 3.21. The number of esters is 1. The smallest absolute Gasteiger partial charge is 0.344 e. The van der Waals surface area contributed by atoms with Crippen LogP contribution >= 0.6 is 0 Å². The van der Waals surface area contributed by atoms with Gasteiger partial charge in [-0.15, -0.1) is 0 Å². The second-order valence-corrected chi connectivity index (χ2v) is 12.9. The van der Waals surface area contributed by atoms with E-state index in [0.717, 1.165) is 36.1 Å². The second kappa shape index (κ2) is 11.7. The summed E-state index contributed by atoms with van der Waals surface area (Å²) < 4.78 is 12.2. The van der Waals surface area contributed by atoms with Crippen molar-refractivity contribution >= 4 is 16.9 Å². The van der Waals surface area contributed by atoms with Crippen LogP contribution in [0.15, 0.2) is 112 Å². The van der Waals surface area contributed by atoms with Gasteiger partial charge in [0.05, 0.1) is 10.9 Å². The first-order chi connectivity index (χ1) is 18.8. The Morgan fingerprint density at radius 1 is 0.821 bits per heavy atom. The molecule has 0 N–H and O–H groups in total. The van der Waals surface area contributed by atoms with Crippen molar-refractivity contribution in [3.8, 4) is 5.75 Å². The molecule has 200 valence electrons. The zero-order valence-corrected chi connectivity index (χ0v) is 24.1. The minimum Gasteiger partial charge on any atom is -0.481 e. The van der Waals surface area contributed by atoms with Gasteiger partial charge in [0.1, 0.15) is 11.4 Å². The number of aryl methyl sites for hydroxylation is 3. The number of hydrogen-bond donors (Lipinski definition) is 0. The molecule has 3 nitrogen and oxygen atoms in total. The third-order valence-electron chi connectivity index (χ3n) is 7.55. The summed E-state index contributed by atoms with van der Waals surface area (Å²) in [4.78, 5) is 16.8. The summed E-state index contributed by atoms with van der Waals surface area (Å²) in [7, 11) is -0.238. The summed E-state index contributed by atoms with van der Waals surface area (Å²) >= 11 is 0. The Kier molecular flexibility index (Phi) is 8.13. The number of fused-ring (bicyclic) bond motifs is 1. The van der Waals surface area contributed by atoms with Crippen LogP contribution in [0.25, 0.3) is 0 Å². The number of carbonyl (C=O) groups excluding carboxylic acids is 1. The monoisotopic (exact) mass is 537 g/mol. The average Bonchev–Trinajstić information content (AvgIpc) is 2.93. The Morgan fingerprint density at radius 2 is 1.38 bits per heavy atom. The van der Waals surface area contributed by atoms with Crippen LogP contribution in [0, 0.1) is 13.8 Å². The minimum atomic E-state index is -0.607. The number of ether oxygens (including phenoxy) is 2. The van der Waals surface area contributed by atoms with Crippen LogP contribution < -0.4 is 4.74 Å². The van der Waals surface area contributed by atoms with E-state index in [-0.39, 0.29) is 29.4 Å². The highest BCUT2D eigenvalue weighted by molar-refractivity contribution is 7.97. The van der Waals surface area contributed by atoms with E-state index in [4.69, 9.17) is 9.47 Å². The van der Waals surface area contributed by atoms with Gasteiger partial charge in [0.25, 0.3) is 0 Å². The van der Waals surface area contributed by atoms with E-state index in [1.54, 1.807) is 0 Å². The van der Waals surface area contributed by atoms with Crippen molar-refractivity contribution in [2.45, 2.75) is 73.2 Å². The first-order valence-electron chi connectivity index (χ1n) is 13.7. The molecule has 1 unspecified atom stereocenters. The molecule has 4 heteroatoms. The predicted molar refractivity (Wildman–Crippen MR) is 159 cm³/mol. The van der Waals surface area contributed by atoms with Crippen LogP contribution in [0.3, 0.4) is 0 Å². The maximum atomic E-state index is 13.0. The summed E-state index contributed by atoms with van der Waals surface area (Å²) in [5.41, 5.74) is 4.10. The molecule has 0 fully saturated rings. The number of carbonyl (C=O) groups is 1. The summed E-state index contributed by atoms with van der Waals surface area (Å²) in [5, 5.41) is 0. The van der Waals surface area contributed by atoms with E-state index in [1.807, 2.05) is 13.8 Å². The van der Waals surface area contributed by atoms with Crippen LogP contribution in [-0.4, -0.2) is 18.2 Å². The van der Waals surface area contributed by atoms with Crippen LogP contribution in [0.5, 0.6) is 5.75 Å². The summed E-state index contributed by atoms with van der Waals surface area (Å²) in [6, 6.07) is 34.2. The van der Waals surface area contributed by atoms with E-state index < -0.39 is 5.60 Å². The molecule has 0 bridgehead atoms. The molecule has 0 saturated carbocycles. The van der Waals surface area contributed by atoms with Crippen LogP contribution in [0.4, 0.5) is 0 Å². The number of benzene rings is 4. The van der Waals surface area contributed by atoms with Gasteiger partial charge in [0, 0.05) is 18.1 Å². The van der Waals surface area contributed by atoms with Crippen LogP contribution in [0.2, 0.25) is 0 Å². The fraction of sp³-hybridized carbons (Fsp3) is 0.286. The molecule has 39 heavy (non-hydrogen) atoms. The SMILES string of the molecule is Cc1cc([S+](c2ccccc2)c2ccccc2)cc(C)c1OCC(=O)OC(C)(C)C1CCCc2ccccc21. The third kappa shape index (κ3) is 6.07. The molecule has 0 spiro atoms. The van der Waals surface area contributed by atoms with Crippen LogP contribution in [-0.2, 0) is 26.8 Å². The Labute approximate surface area is 235 Å². The van der Waals surface area contributed by atoms with Crippen molar-refractivity contribution in [3.63, 3.8) is 0 Å². The first-order valence-corrected chi connectivity index (χ1v) is 14.9. The lowest BCUT2D eigenvalue weighted by molar-refractivity contribution is -0.161. The van der Waals surface area contributed by atoms with E-state index in [0.29, 0.717) is 0 Å². The van der Waals surface area contributed by atoms with Gasteiger partial charge < -0.3 is 9.47 Å². The topological polar surface area (TPSA) is 35.5 Å².